The van der Waals surface area contributed by atoms with E-state index < -0.39 is 6.36 Å². The van der Waals surface area contributed by atoms with Gasteiger partial charge in [0.1, 0.15) is 18.1 Å². The lowest BCUT2D eigenvalue weighted by atomic mass is 9.84. The second-order valence-corrected chi connectivity index (χ2v) is 9.45. The van der Waals surface area contributed by atoms with Gasteiger partial charge in [-0.2, -0.15) is 5.10 Å². The molecule has 1 fully saturated rings. The number of tetrazole rings is 1. The van der Waals surface area contributed by atoms with Crippen molar-refractivity contribution in [2.45, 2.75) is 51.0 Å². The van der Waals surface area contributed by atoms with E-state index in [1.54, 1.807) is 12.3 Å². The second kappa shape index (κ2) is 10.4. The SMILES string of the molecule is FC(F)(F)Oc1cccc(COc2cccc(-c3cnc4c(-c5nnn[nH]5)cnn4c3C3CCCCC3)c2)c1. The van der Waals surface area contributed by atoms with Crippen LogP contribution in [0.1, 0.15) is 49.3 Å². The molecule has 0 saturated heterocycles. The Morgan fingerprint density at radius 3 is 2.56 bits per heavy atom. The minimum absolute atomic E-state index is 0.0824. The van der Waals surface area contributed by atoms with Crippen molar-refractivity contribution in [3.05, 3.63) is 72.2 Å². The molecule has 0 unspecified atom stereocenters. The molecule has 0 aliphatic heterocycles. The Labute approximate surface area is 221 Å². The number of H-pyrrole nitrogens is 1. The van der Waals surface area contributed by atoms with E-state index in [9.17, 15) is 13.2 Å². The monoisotopic (exact) mass is 535 g/mol. The van der Waals surface area contributed by atoms with Crippen LogP contribution in [0.5, 0.6) is 11.5 Å². The number of ether oxygens (including phenoxy) is 2. The molecular formula is C27H24F3N7O2. The Balaban J connectivity index is 1.32. The molecule has 1 saturated carbocycles. The van der Waals surface area contributed by atoms with Gasteiger partial charge in [0.2, 0.25) is 0 Å². The highest BCUT2D eigenvalue weighted by molar-refractivity contribution is 5.75. The number of aromatic amines is 1. The lowest BCUT2D eigenvalue weighted by Gasteiger charge is -2.25. The first-order chi connectivity index (χ1) is 18.9. The molecule has 0 radical (unpaired) electrons. The van der Waals surface area contributed by atoms with E-state index in [2.05, 4.69) is 30.5 Å². The minimum Gasteiger partial charge on any atom is -0.489 e. The van der Waals surface area contributed by atoms with Crippen molar-refractivity contribution in [1.82, 2.24) is 35.2 Å². The van der Waals surface area contributed by atoms with Gasteiger partial charge in [-0.15, -0.1) is 18.3 Å². The fourth-order valence-corrected chi connectivity index (χ4v) is 5.13. The normalized spacial score (nSPS) is 14.5. The Morgan fingerprint density at radius 2 is 1.77 bits per heavy atom. The average molecular weight is 536 g/mol. The van der Waals surface area contributed by atoms with Gasteiger partial charge in [-0.05, 0) is 58.7 Å². The van der Waals surface area contributed by atoms with E-state index in [1.165, 1.54) is 24.6 Å². The zero-order valence-electron chi connectivity index (χ0n) is 20.7. The number of benzene rings is 2. The fraction of sp³-hybridized carbons (Fsp3) is 0.296. The van der Waals surface area contributed by atoms with Gasteiger partial charge in [0, 0.05) is 17.7 Å². The standard InChI is InChI=1S/C27H24F3N7O2/c28-27(29,30)39-21-11-4-6-17(12-21)16-38-20-10-5-9-19(13-20)22-14-31-26-23(25-33-35-36-34-25)15-32-37(26)24(22)18-7-2-1-3-8-18/h4-6,9-15,18H,1-3,7-8,16H2,(H,33,34,35,36). The summed E-state index contributed by atoms with van der Waals surface area (Å²) in [4.78, 5) is 4.73. The Hall–Kier alpha value is -4.48. The van der Waals surface area contributed by atoms with Crippen LogP contribution in [-0.4, -0.2) is 41.6 Å². The lowest BCUT2D eigenvalue weighted by Crippen LogP contribution is -2.17. The van der Waals surface area contributed by atoms with Crippen LogP contribution in [0.3, 0.4) is 0 Å². The summed E-state index contributed by atoms with van der Waals surface area (Å²) in [5.74, 6) is 1.10. The molecule has 200 valence electrons. The molecule has 3 aromatic heterocycles. The van der Waals surface area contributed by atoms with Crippen LogP contribution in [0.4, 0.5) is 13.2 Å². The van der Waals surface area contributed by atoms with E-state index >= 15 is 0 Å². The lowest BCUT2D eigenvalue weighted by molar-refractivity contribution is -0.274. The Morgan fingerprint density at radius 1 is 0.949 bits per heavy atom. The largest absolute Gasteiger partial charge is 0.573 e. The number of nitrogens with one attached hydrogen (secondary N) is 1. The van der Waals surface area contributed by atoms with E-state index in [4.69, 9.17) is 9.72 Å². The summed E-state index contributed by atoms with van der Waals surface area (Å²) in [7, 11) is 0. The topological polar surface area (TPSA) is 103 Å². The molecule has 1 aliphatic rings. The van der Waals surface area contributed by atoms with Gasteiger partial charge in [0.15, 0.2) is 11.5 Å². The molecular weight excluding hydrogens is 511 g/mol. The van der Waals surface area contributed by atoms with Gasteiger partial charge in [0.25, 0.3) is 0 Å². The number of nitrogens with zero attached hydrogens (tertiary/aromatic N) is 6. The number of alkyl halides is 3. The van der Waals surface area contributed by atoms with Gasteiger partial charge in [-0.3, -0.25) is 0 Å². The summed E-state index contributed by atoms with van der Waals surface area (Å²) in [6.45, 7) is 0.0824. The zero-order chi connectivity index (χ0) is 26.8. The number of aromatic nitrogens is 7. The van der Waals surface area contributed by atoms with E-state index in [1.807, 2.05) is 35.0 Å². The molecule has 39 heavy (non-hydrogen) atoms. The molecule has 1 aliphatic carbocycles. The number of hydrogen-bond acceptors (Lipinski definition) is 7. The summed E-state index contributed by atoms with van der Waals surface area (Å²) < 4.78 is 49.6. The second-order valence-electron chi connectivity index (χ2n) is 9.45. The summed E-state index contributed by atoms with van der Waals surface area (Å²) in [5.41, 5.74) is 4.89. The molecule has 3 heterocycles. The maximum atomic E-state index is 12.6. The van der Waals surface area contributed by atoms with Gasteiger partial charge in [0.05, 0.1) is 17.5 Å². The predicted molar refractivity (Wildman–Crippen MR) is 135 cm³/mol. The van der Waals surface area contributed by atoms with Crippen LogP contribution in [0.15, 0.2) is 60.9 Å². The van der Waals surface area contributed by atoms with Crippen LogP contribution >= 0.6 is 0 Å². The summed E-state index contributed by atoms with van der Waals surface area (Å²) >= 11 is 0. The molecule has 0 amide bonds. The van der Waals surface area contributed by atoms with Gasteiger partial charge in [-0.1, -0.05) is 43.5 Å². The van der Waals surface area contributed by atoms with Crippen LogP contribution in [0.2, 0.25) is 0 Å². The van der Waals surface area contributed by atoms with Crippen LogP contribution in [0.25, 0.3) is 28.2 Å². The van der Waals surface area contributed by atoms with Crippen LogP contribution in [0, 0.1) is 0 Å². The molecule has 0 spiro atoms. The van der Waals surface area contributed by atoms with Gasteiger partial charge in [-0.25, -0.2) is 14.6 Å². The van der Waals surface area contributed by atoms with Crippen molar-refractivity contribution in [3.8, 4) is 34.0 Å². The van der Waals surface area contributed by atoms with E-state index in [0.29, 0.717) is 28.7 Å². The fourth-order valence-electron chi connectivity index (χ4n) is 5.13. The highest BCUT2D eigenvalue weighted by Crippen LogP contribution is 2.39. The van der Waals surface area contributed by atoms with Crippen LogP contribution in [-0.2, 0) is 6.61 Å². The number of fused-ring (bicyclic) bond motifs is 1. The first-order valence-electron chi connectivity index (χ1n) is 12.6. The molecule has 5 aromatic rings. The Kier molecular flexibility index (Phi) is 6.59. The van der Waals surface area contributed by atoms with Crippen molar-refractivity contribution >= 4 is 5.65 Å². The summed E-state index contributed by atoms with van der Waals surface area (Å²) in [6.07, 6.45) is 4.44. The predicted octanol–water partition coefficient (Wildman–Crippen LogP) is 6.10. The first-order valence-corrected chi connectivity index (χ1v) is 12.6. The van der Waals surface area contributed by atoms with Crippen molar-refractivity contribution in [1.29, 1.82) is 0 Å². The first kappa shape index (κ1) is 24.8. The highest BCUT2D eigenvalue weighted by Gasteiger charge is 2.31. The van der Waals surface area contributed by atoms with E-state index in [0.717, 1.165) is 48.1 Å². The van der Waals surface area contributed by atoms with Crippen molar-refractivity contribution in [2.75, 3.05) is 0 Å². The average Bonchev–Trinajstić information content (AvgIpc) is 3.61. The quantitative estimate of drug-likeness (QED) is 0.269. The number of halogens is 3. The molecule has 12 heteroatoms. The molecule has 2 aromatic carbocycles. The summed E-state index contributed by atoms with van der Waals surface area (Å²) in [6, 6.07) is 13.4. The smallest absolute Gasteiger partial charge is 0.489 e. The maximum Gasteiger partial charge on any atom is 0.573 e. The molecule has 0 atom stereocenters. The third kappa shape index (κ3) is 5.40. The molecule has 9 nitrogen and oxygen atoms in total. The third-order valence-electron chi connectivity index (χ3n) is 6.84. The van der Waals surface area contributed by atoms with E-state index in [-0.39, 0.29) is 12.4 Å². The van der Waals surface area contributed by atoms with Gasteiger partial charge >= 0.3 is 6.36 Å². The van der Waals surface area contributed by atoms with Crippen molar-refractivity contribution in [3.63, 3.8) is 0 Å². The number of hydrogen-bond donors (Lipinski definition) is 1. The maximum absolute atomic E-state index is 12.6. The highest BCUT2D eigenvalue weighted by atomic mass is 19.4. The summed E-state index contributed by atoms with van der Waals surface area (Å²) in [5, 5.41) is 18.8. The zero-order valence-corrected chi connectivity index (χ0v) is 20.7. The van der Waals surface area contributed by atoms with Crippen molar-refractivity contribution < 1.29 is 22.6 Å². The minimum atomic E-state index is -4.75. The molecule has 1 N–H and O–H groups in total. The van der Waals surface area contributed by atoms with Gasteiger partial charge < -0.3 is 9.47 Å². The Bertz CT molecular complexity index is 1580. The third-order valence-corrected chi connectivity index (χ3v) is 6.84. The molecule has 6 rings (SSSR count). The molecule has 0 bridgehead atoms. The number of rotatable bonds is 7. The van der Waals surface area contributed by atoms with Crippen molar-refractivity contribution in [2.24, 2.45) is 0 Å². The van der Waals surface area contributed by atoms with Crippen LogP contribution < -0.4 is 9.47 Å².